The minimum Gasteiger partial charge on any atom is -0.370 e. The number of hydrogen-bond donors (Lipinski definition) is 1. The zero-order chi connectivity index (χ0) is 12.9. The first-order valence-electron chi connectivity index (χ1n) is 5.22. The molecule has 0 spiro atoms. The summed E-state index contributed by atoms with van der Waals surface area (Å²) in [4.78, 5) is 10.6. The molecule has 2 N–H and O–H groups in total. The quantitative estimate of drug-likeness (QED) is 0.814. The maximum atomic E-state index is 11.6. The van der Waals surface area contributed by atoms with Crippen LogP contribution in [0, 0.1) is 0 Å². The summed E-state index contributed by atoms with van der Waals surface area (Å²) in [6.45, 7) is 0.256. The number of nitrogens with zero attached hydrogens (tertiary/aromatic N) is 1. The van der Waals surface area contributed by atoms with Crippen LogP contribution in [0.1, 0.15) is 12.8 Å². The van der Waals surface area contributed by atoms with Crippen molar-refractivity contribution in [3.05, 3.63) is 30.3 Å². The highest BCUT2D eigenvalue weighted by Crippen LogP contribution is 2.17. The Morgan fingerprint density at radius 2 is 1.88 bits per heavy atom. The van der Waals surface area contributed by atoms with E-state index in [1.165, 1.54) is 4.31 Å². The van der Waals surface area contributed by atoms with E-state index in [1.807, 2.05) is 6.07 Å². The Morgan fingerprint density at radius 3 is 2.35 bits per heavy atom. The third-order valence-electron chi connectivity index (χ3n) is 2.23. The number of hydrogen-bond acceptors (Lipinski definition) is 3. The predicted molar refractivity (Wildman–Crippen MR) is 67.1 cm³/mol. The lowest BCUT2D eigenvalue weighted by molar-refractivity contribution is -0.118. The summed E-state index contributed by atoms with van der Waals surface area (Å²) in [5, 5.41) is 0. The average Bonchev–Trinajstić information content (AvgIpc) is 2.23. The van der Waals surface area contributed by atoms with Gasteiger partial charge in [-0.2, -0.15) is 0 Å². The average molecular weight is 256 g/mol. The van der Waals surface area contributed by atoms with Crippen molar-refractivity contribution in [1.82, 2.24) is 0 Å². The number of carbonyl (C=O) groups is 1. The van der Waals surface area contributed by atoms with Gasteiger partial charge in [0, 0.05) is 13.0 Å². The maximum absolute atomic E-state index is 11.6. The van der Waals surface area contributed by atoms with Gasteiger partial charge >= 0.3 is 0 Å². The number of primary amides is 1. The summed E-state index contributed by atoms with van der Waals surface area (Å²) in [6.07, 6.45) is 1.74. The van der Waals surface area contributed by atoms with Crippen LogP contribution < -0.4 is 10.0 Å². The molecule has 0 aliphatic heterocycles. The Kier molecular flexibility index (Phi) is 4.51. The smallest absolute Gasteiger partial charge is 0.232 e. The van der Waals surface area contributed by atoms with Crippen LogP contribution in [0.3, 0.4) is 0 Å². The van der Waals surface area contributed by atoms with Crippen LogP contribution in [0.15, 0.2) is 30.3 Å². The number of benzene rings is 1. The zero-order valence-corrected chi connectivity index (χ0v) is 10.5. The molecule has 6 heteroatoms. The summed E-state index contributed by atoms with van der Waals surface area (Å²) in [5.41, 5.74) is 5.62. The maximum Gasteiger partial charge on any atom is 0.232 e. The summed E-state index contributed by atoms with van der Waals surface area (Å²) >= 11 is 0. The number of para-hydroxylation sites is 1. The molecule has 0 unspecified atom stereocenters. The number of amides is 1. The number of anilines is 1. The second-order valence-electron chi connectivity index (χ2n) is 3.74. The number of nitrogens with two attached hydrogens (primary N) is 1. The largest absolute Gasteiger partial charge is 0.370 e. The molecule has 0 saturated heterocycles. The number of carbonyl (C=O) groups excluding carboxylic acids is 1. The Hall–Kier alpha value is -1.56. The van der Waals surface area contributed by atoms with Crippen molar-refractivity contribution in [3.8, 4) is 0 Å². The molecule has 1 aromatic rings. The van der Waals surface area contributed by atoms with E-state index in [-0.39, 0.29) is 13.0 Å². The van der Waals surface area contributed by atoms with Gasteiger partial charge in [0.1, 0.15) is 0 Å². The first-order chi connectivity index (χ1) is 7.91. The van der Waals surface area contributed by atoms with Crippen molar-refractivity contribution in [2.24, 2.45) is 5.73 Å². The topological polar surface area (TPSA) is 80.5 Å². The van der Waals surface area contributed by atoms with E-state index in [0.717, 1.165) is 6.26 Å². The third-order valence-corrected chi connectivity index (χ3v) is 3.42. The second-order valence-corrected chi connectivity index (χ2v) is 5.65. The van der Waals surface area contributed by atoms with E-state index in [4.69, 9.17) is 5.73 Å². The van der Waals surface area contributed by atoms with Gasteiger partial charge in [0.2, 0.25) is 15.9 Å². The molecule has 0 saturated carbocycles. The van der Waals surface area contributed by atoms with Crippen molar-refractivity contribution in [1.29, 1.82) is 0 Å². The van der Waals surface area contributed by atoms with Gasteiger partial charge in [-0.25, -0.2) is 8.42 Å². The lowest BCUT2D eigenvalue weighted by Gasteiger charge is -2.21. The van der Waals surface area contributed by atoms with Crippen molar-refractivity contribution >= 4 is 21.6 Å². The predicted octanol–water partition coefficient (Wildman–Crippen LogP) is 0.718. The van der Waals surface area contributed by atoms with Gasteiger partial charge in [0.25, 0.3) is 0 Å². The second kappa shape index (κ2) is 5.67. The molecule has 0 fully saturated rings. The van der Waals surface area contributed by atoms with Crippen molar-refractivity contribution in [2.45, 2.75) is 12.8 Å². The highest BCUT2D eigenvalue weighted by atomic mass is 32.2. The van der Waals surface area contributed by atoms with Crippen LogP contribution in [0.4, 0.5) is 5.69 Å². The van der Waals surface area contributed by atoms with Crippen LogP contribution in [-0.2, 0) is 14.8 Å². The SMILES string of the molecule is CS(=O)(=O)N(CCCC(N)=O)c1ccccc1. The normalized spacial score (nSPS) is 11.1. The van der Waals surface area contributed by atoms with Crippen molar-refractivity contribution in [2.75, 3.05) is 17.1 Å². The number of sulfonamides is 1. The molecule has 0 heterocycles. The molecule has 5 nitrogen and oxygen atoms in total. The Morgan fingerprint density at radius 1 is 1.29 bits per heavy atom. The van der Waals surface area contributed by atoms with Gasteiger partial charge in [-0.15, -0.1) is 0 Å². The Balaban J connectivity index is 2.80. The summed E-state index contributed by atoms with van der Waals surface area (Å²) in [5.74, 6) is -0.425. The summed E-state index contributed by atoms with van der Waals surface area (Å²) in [6, 6.07) is 8.77. The third kappa shape index (κ3) is 4.44. The molecular formula is C11H16N2O3S. The van der Waals surface area contributed by atoms with Gasteiger partial charge in [-0.3, -0.25) is 9.10 Å². The fourth-order valence-corrected chi connectivity index (χ4v) is 2.44. The standard InChI is InChI=1S/C11H16N2O3S/c1-17(15,16)13(9-5-8-11(12)14)10-6-3-2-4-7-10/h2-4,6-7H,5,8-9H2,1H3,(H2,12,14). The molecule has 0 aliphatic carbocycles. The molecule has 0 atom stereocenters. The molecule has 1 aromatic carbocycles. The van der Waals surface area contributed by atoms with Crippen LogP contribution in [0.2, 0.25) is 0 Å². The van der Waals surface area contributed by atoms with E-state index in [9.17, 15) is 13.2 Å². The Labute approximate surface area is 101 Å². The molecule has 0 radical (unpaired) electrons. The van der Waals surface area contributed by atoms with Crippen LogP contribution in [0.25, 0.3) is 0 Å². The minimum atomic E-state index is -3.33. The van der Waals surface area contributed by atoms with E-state index in [2.05, 4.69) is 0 Å². The fraction of sp³-hybridized carbons (Fsp3) is 0.364. The highest BCUT2D eigenvalue weighted by Gasteiger charge is 2.16. The first kappa shape index (κ1) is 13.5. The molecule has 1 rings (SSSR count). The minimum absolute atomic E-state index is 0.179. The van der Waals surface area contributed by atoms with Crippen LogP contribution in [0.5, 0.6) is 0 Å². The lowest BCUT2D eigenvalue weighted by atomic mass is 10.3. The molecular weight excluding hydrogens is 240 g/mol. The van der Waals surface area contributed by atoms with Gasteiger partial charge < -0.3 is 5.73 Å². The lowest BCUT2D eigenvalue weighted by Crippen LogP contribution is -2.31. The summed E-state index contributed by atoms with van der Waals surface area (Å²) in [7, 11) is -3.33. The summed E-state index contributed by atoms with van der Waals surface area (Å²) < 4.78 is 24.5. The van der Waals surface area contributed by atoms with Gasteiger partial charge in [0.15, 0.2) is 0 Å². The van der Waals surface area contributed by atoms with Crippen molar-refractivity contribution < 1.29 is 13.2 Å². The van der Waals surface area contributed by atoms with Crippen molar-refractivity contribution in [3.63, 3.8) is 0 Å². The van der Waals surface area contributed by atoms with E-state index in [1.54, 1.807) is 24.3 Å². The van der Waals surface area contributed by atoms with Crippen LogP contribution in [-0.4, -0.2) is 27.1 Å². The first-order valence-corrected chi connectivity index (χ1v) is 7.07. The zero-order valence-electron chi connectivity index (χ0n) is 9.67. The van der Waals surface area contributed by atoms with Gasteiger partial charge in [-0.05, 0) is 18.6 Å². The molecule has 94 valence electrons. The molecule has 0 aliphatic rings. The monoisotopic (exact) mass is 256 g/mol. The molecule has 17 heavy (non-hydrogen) atoms. The van der Waals surface area contributed by atoms with Gasteiger partial charge in [-0.1, -0.05) is 18.2 Å². The highest BCUT2D eigenvalue weighted by molar-refractivity contribution is 7.92. The number of rotatable bonds is 6. The molecule has 1 amide bonds. The Bertz CT molecular complexity index is 471. The van der Waals surface area contributed by atoms with E-state index >= 15 is 0 Å². The van der Waals surface area contributed by atoms with E-state index in [0.29, 0.717) is 12.1 Å². The molecule has 0 bridgehead atoms. The van der Waals surface area contributed by atoms with Gasteiger partial charge in [0.05, 0.1) is 11.9 Å². The fourth-order valence-electron chi connectivity index (χ4n) is 1.48. The van der Waals surface area contributed by atoms with E-state index < -0.39 is 15.9 Å². The van der Waals surface area contributed by atoms with Crippen LogP contribution >= 0.6 is 0 Å². The molecule has 0 aromatic heterocycles.